The second-order valence-corrected chi connectivity index (χ2v) is 11.5. The third kappa shape index (κ3) is 25.4. The Morgan fingerprint density at radius 3 is 1.56 bits per heavy atom. The number of carbonyl (C=O) groups is 4. The number of aliphatic hydroxyl groups is 1. The number of aliphatic carboxylic acids is 1. The smallest absolute Gasteiger partial charge is 0.303 e. The molecule has 0 fully saturated rings. The van der Waals surface area contributed by atoms with Crippen LogP contribution in [0.15, 0.2) is 0 Å². The molecular formula is C32H61N3O6. The molecule has 0 aliphatic rings. The van der Waals surface area contributed by atoms with Crippen LogP contribution < -0.4 is 16.4 Å². The lowest BCUT2D eigenvalue weighted by Crippen LogP contribution is -2.46. The predicted octanol–water partition coefficient (Wildman–Crippen LogP) is 5.41. The Balaban J connectivity index is 3.49. The number of amides is 2. The molecule has 0 heterocycles. The number of hydrogen-bond acceptors (Lipinski definition) is 6. The van der Waals surface area contributed by atoms with Crippen LogP contribution in [0.1, 0.15) is 148 Å². The summed E-state index contributed by atoms with van der Waals surface area (Å²) in [4.78, 5) is 46.0. The highest BCUT2D eigenvalue weighted by Crippen LogP contribution is 2.15. The van der Waals surface area contributed by atoms with Crippen LogP contribution >= 0.6 is 0 Å². The first kappa shape index (κ1) is 39.0. The van der Waals surface area contributed by atoms with Gasteiger partial charge in [0.1, 0.15) is 11.8 Å². The van der Waals surface area contributed by atoms with Gasteiger partial charge in [0, 0.05) is 25.3 Å². The number of carbonyl (C=O) groups excluding carboxylic acids is 3. The fourth-order valence-corrected chi connectivity index (χ4v) is 5.08. The van der Waals surface area contributed by atoms with E-state index < -0.39 is 24.5 Å². The van der Waals surface area contributed by atoms with E-state index in [1.54, 1.807) is 0 Å². The van der Waals surface area contributed by atoms with Crippen molar-refractivity contribution in [3.8, 4) is 0 Å². The molecule has 0 unspecified atom stereocenters. The zero-order chi connectivity index (χ0) is 30.6. The number of nitrogens with two attached hydrogens (primary N) is 1. The molecule has 0 aromatic rings. The average Bonchev–Trinajstić information content (AvgIpc) is 2.94. The molecule has 240 valence electrons. The molecule has 0 radical (unpaired) electrons. The summed E-state index contributed by atoms with van der Waals surface area (Å²) >= 11 is 0. The zero-order valence-electron chi connectivity index (χ0n) is 25.9. The number of carboxylic acid groups (broad SMARTS) is 1. The fourth-order valence-electron chi connectivity index (χ4n) is 5.08. The van der Waals surface area contributed by atoms with Crippen molar-refractivity contribution in [2.75, 3.05) is 19.7 Å². The van der Waals surface area contributed by atoms with Crippen LogP contribution in [0.3, 0.4) is 0 Å². The Hall–Kier alpha value is -2.00. The second kappa shape index (κ2) is 28.1. The average molecular weight is 584 g/mol. The molecule has 0 aromatic heterocycles. The number of aliphatic hydroxyl groups excluding tert-OH is 1. The summed E-state index contributed by atoms with van der Waals surface area (Å²) in [5.41, 5.74) is 5.17. The number of unbranched alkanes of at least 4 members (excludes halogenated alkanes) is 16. The maximum Gasteiger partial charge on any atom is 0.303 e. The summed E-state index contributed by atoms with van der Waals surface area (Å²) in [6, 6.07) is -0.898. The molecule has 0 bridgehead atoms. The Labute approximate surface area is 249 Å². The van der Waals surface area contributed by atoms with E-state index in [0.29, 0.717) is 25.8 Å². The molecule has 0 aliphatic carbocycles. The van der Waals surface area contributed by atoms with Crippen molar-refractivity contribution in [2.45, 2.75) is 154 Å². The molecule has 0 saturated heterocycles. The van der Waals surface area contributed by atoms with Gasteiger partial charge in [0.2, 0.25) is 11.8 Å². The van der Waals surface area contributed by atoms with Crippen molar-refractivity contribution >= 4 is 23.6 Å². The van der Waals surface area contributed by atoms with Crippen LogP contribution in [0, 0.1) is 5.92 Å². The van der Waals surface area contributed by atoms with E-state index in [0.717, 1.165) is 51.4 Å². The molecule has 6 N–H and O–H groups in total. The van der Waals surface area contributed by atoms with Gasteiger partial charge in [-0.1, -0.05) is 103 Å². The monoisotopic (exact) mass is 583 g/mol. The highest BCUT2D eigenvalue weighted by Gasteiger charge is 2.19. The number of nitrogens with one attached hydrogen (secondary N) is 2. The minimum absolute atomic E-state index is 0.0159. The fraction of sp³-hybridized carbons (Fsp3) is 0.875. The van der Waals surface area contributed by atoms with Crippen molar-refractivity contribution in [2.24, 2.45) is 11.7 Å². The topological polar surface area (TPSA) is 159 Å². The SMILES string of the molecule is CC[C@H](CCCCNC(=O)CCCCCCCCCCCCCCCCCCC(=O)O)C(=O)CN[C@@H](CO)C(N)=O. The van der Waals surface area contributed by atoms with Gasteiger partial charge in [-0.2, -0.15) is 0 Å². The van der Waals surface area contributed by atoms with E-state index in [4.69, 9.17) is 15.9 Å². The summed E-state index contributed by atoms with van der Waals surface area (Å²) < 4.78 is 0. The quantitative estimate of drug-likeness (QED) is 0.0682. The van der Waals surface area contributed by atoms with Crippen LogP contribution in [-0.2, 0) is 19.2 Å². The first-order valence-corrected chi connectivity index (χ1v) is 16.5. The standard InChI is InChI=1S/C32H61N3O6/c1-2-27(29(37)25-35-28(26-36)32(33)41)21-19-20-24-34-30(38)22-17-15-13-11-9-7-5-3-4-6-8-10-12-14-16-18-23-31(39)40/h27-28,35-36H,2-26H2,1H3,(H2,33,41)(H,34,38)(H,39,40)/t27-,28+/m1/s1. The van der Waals surface area contributed by atoms with E-state index in [1.165, 1.54) is 70.6 Å². The molecule has 2 amide bonds. The normalized spacial score (nSPS) is 12.6. The van der Waals surface area contributed by atoms with Crippen molar-refractivity contribution < 1.29 is 29.4 Å². The molecule has 9 heteroatoms. The maximum atomic E-state index is 12.4. The number of rotatable bonds is 31. The van der Waals surface area contributed by atoms with Crippen LogP contribution in [-0.4, -0.2) is 59.5 Å². The van der Waals surface area contributed by atoms with Crippen LogP contribution in [0.2, 0.25) is 0 Å². The van der Waals surface area contributed by atoms with E-state index in [-0.39, 0.29) is 24.2 Å². The number of ketones is 1. The molecule has 41 heavy (non-hydrogen) atoms. The minimum Gasteiger partial charge on any atom is -0.481 e. The zero-order valence-corrected chi connectivity index (χ0v) is 25.9. The lowest BCUT2D eigenvalue weighted by Gasteiger charge is -2.17. The summed E-state index contributed by atoms with van der Waals surface area (Å²) in [6.45, 7) is 2.18. The van der Waals surface area contributed by atoms with Gasteiger partial charge in [-0.3, -0.25) is 24.5 Å². The third-order valence-corrected chi connectivity index (χ3v) is 7.84. The molecule has 0 spiro atoms. The maximum absolute atomic E-state index is 12.4. The molecule has 2 atom stereocenters. The second-order valence-electron chi connectivity index (χ2n) is 11.5. The van der Waals surface area contributed by atoms with Gasteiger partial charge in [0.15, 0.2) is 0 Å². The van der Waals surface area contributed by atoms with Crippen molar-refractivity contribution in [1.82, 2.24) is 10.6 Å². The van der Waals surface area contributed by atoms with E-state index >= 15 is 0 Å². The van der Waals surface area contributed by atoms with Crippen LogP contribution in [0.5, 0.6) is 0 Å². The highest BCUT2D eigenvalue weighted by molar-refractivity contribution is 5.85. The van der Waals surface area contributed by atoms with Crippen molar-refractivity contribution in [1.29, 1.82) is 0 Å². The Bertz CT molecular complexity index is 688. The van der Waals surface area contributed by atoms with E-state index in [1.807, 2.05) is 6.92 Å². The van der Waals surface area contributed by atoms with Crippen molar-refractivity contribution in [3.63, 3.8) is 0 Å². The van der Waals surface area contributed by atoms with Crippen LogP contribution in [0.25, 0.3) is 0 Å². The summed E-state index contributed by atoms with van der Waals surface area (Å²) in [5, 5.41) is 23.4. The molecule has 0 rings (SSSR count). The molecule has 0 saturated carbocycles. The molecular weight excluding hydrogens is 522 g/mol. The number of primary amides is 1. The minimum atomic E-state index is -0.898. The predicted molar refractivity (Wildman–Crippen MR) is 164 cm³/mol. The van der Waals surface area contributed by atoms with Gasteiger partial charge >= 0.3 is 5.97 Å². The number of hydrogen-bond donors (Lipinski definition) is 5. The van der Waals surface area contributed by atoms with Gasteiger partial charge in [0.25, 0.3) is 0 Å². The largest absolute Gasteiger partial charge is 0.481 e. The molecule has 0 aliphatic heterocycles. The lowest BCUT2D eigenvalue weighted by molar-refractivity contribution is -0.137. The summed E-state index contributed by atoms with van der Waals surface area (Å²) in [7, 11) is 0. The lowest BCUT2D eigenvalue weighted by atomic mass is 9.94. The summed E-state index contributed by atoms with van der Waals surface area (Å²) in [6.07, 6.45) is 23.2. The van der Waals surface area contributed by atoms with Gasteiger partial charge in [-0.05, 0) is 32.1 Å². The Kier molecular flexibility index (Phi) is 26.8. The first-order chi connectivity index (χ1) is 19.8. The van der Waals surface area contributed by atoms with E-state index in [2.05, 4.69) is 10.6 Å². The number of carboxylic acids is 1. The highest BCUT2D eigenvalue weighted by atomic mass is 16.4. The van der Waals surface area contributed by atoms with Crippen LogP contribution in [0.4, 0.5) is 0 Å². The van der Waals surface area contributed by atoms with Gasteiger partial charge in [-0.15, -0.1) is 0 Å². The van der Waals surface area contributed by atoms with Gasteiger partial charge in [-0.25, -0.2) is 0 Å². The molecule has 0 aromatic carbocycles. The van der Waals surface area contributed by atoms with Gasteiger partial charge < -0.3 is 21.3 Å². The van der Waals surface area contributed by atoms with E-state index in [9.17, 15) is 19.2 Å². The Morgan fingerprint density at radius 1 is 0.683 bits per heavy atom. The first-order valence-electron chi connectivity index (χ1n) is 16.5. The van der Waals surface area contributed by atoms with Gasteiger partial charge in [0.05, 0.1) is 13.2 Å². The molecule has 9 nitrogen and oxygen atoms in total. The van der Waals surface area contributed by atoms with Crippen molar-refractivity contribution in [3.05, 3.63) is 0 Å². The Morgan fingerprint density at radius 2 is 1.15 bits per heavy atom. The summed E-state index contributed by atoms with van der Waals surface area (Å²) in [5.74, 6) is -1.33. The number of Topliss-reactive ketones (excluding diaryl/α,β-unsaturated/α-hetero) is 1. The third-order valence-electron chi connectivity index (χ3n) is 7.84.